The van der Waals surface area contributed by atoms with Crippen LogP contribution in [0.25, 0.3) is 6.08 Å². The Morgan fingerprint density at radius 3 is 2.93 bits per heavy atom. The van der Waals surface area contributed by atoms with Gasteiger partial charge in [0.1, 0.15) is 0 Å². The number of anilines is 1. The average Bonchev–Trinajstić information content (AvgIpc) is 3.08. The number of thiazole rings is 1. The van der Waals surface area contributed by atoms with Crippen molar-refractivity contribution in [1.29, 1.82) is 0 Å². The zero-order chi connectivity index (χ0) is 21.3. The predicted molar refractivity (Wildman–Crippen MR) is 117 cm³/mol. The maximum Gasteiger partial charge on any atom is 0.407 e. The molecular weight excluding hydrogens is 436 g/mol. The first-order valence-electron chi connectivity index (χ1n) is 8.84. The van der Waals surface area contributed by atoms with E-state index in [1.165, 1.54) is 17.4 Å². The normalized spacial score (nSPS) is 11.6. The maximum absolute atomic E-state index is 12.3. The number of rotatable bonds is 10. The van der Waals surface area contributed by atoms with Gasteiger partial charge < -0.3 is 15.8 Å². The van der Waals surface area contributed by atoms with Crippen LogP contribution in [0.1, 0.15) is 22.9 Å². The molecule has 1 heterocycles. The summed E-state index contributed by atoms with van der Waals surface area (Å²) >= 11 is 7.29. The molecule has 29 heavy (non-hydrogen) atoms. The molecule has 1 amide bonds. The van der Waals surface area contributed by atoms with Crippen LogP contribution in [0.3, 0.4) is 0 Å². The molecule has 4 N–H and O–H groups in total. The highest BCUT2D eigenvalue weighted by Crippen LogP contribution is 2.22. The number of aromatic nitrogens is 1. The lowest BCUT2D eigenvalue weighted by molar-refractivity contribution is 0.148. The summed E-state index contributed by atoms with van der Waals surface area (Å²) in [6.45, 7) is 2.73. The molecule has 0 saturated heterocycles. The molecule has 0 saturated carbocycles. The molecular formula is C18H23ClN4O4S2. The predicted octanol–water partition coefficient (Wildman–Crippen LogP) is 3.00. The zero-order valence-electron chi connectivity index (χ0n) is 15.9. The van der Waals surface area contributed by atoms with E-state index in [0.717, 1.165) is 16.0 Å². The summed E-state index contributed by atoms with van der Waals surface area (Å²) in [5, 5.41) is 3.33. The summed E-state index contributed by atoms with van der Waals surface area (Å²) in [6.07, 6.45) is 4.73. The molecule has 8 nitrogen and oxygen atoms in total. The first kappa shape index (κ1) is 23.1. The summed E-state index contributed by atoms with van der Waals surface area (Å²) in [5.41, 5.74) is 7.23. The average molecular weight is 459 g/mol. The van der Waals surface area contributed by atoms with Crippen LogP contribution in [0.2, 0.25) is 5.02 Å². The maximum atomic E-state index is 12.3. The molecule has 0 aliphatic rings. The Balaban J connectivity index is 1.89. The van der Waals surface area contributed by atoms with E-state index in [2.05, 4.69) is 15.0 Å². The molecule has 0 radical (unpaired) electrons. The summed E-state index contributed by atoms with van der Waals surface area (Å²) < 4.78 is 32.0. The highest BCUT2D eigenvalue weighted by atomic mass is 35.5. The number of alkyl carbamates (subject to hydrolysis) is 1. The molecule has 0 unspecified atom stereocenters. The second kappa shape index (κ2) is 11.1. The van der Waals surface area contributed by atoms with Gasteiger partial charge in [-0.1, -0.05) is 35.9 Å². The van der Waals surface area contributed by atoms with E-state index >= 15 is 0 Å². The van der Waals surface area contributed by atoms with Crippen LogP contribution >= 0.6 is 22.9 Å². The van der Waals surface area contributed by atoms with E-state index in [-0.39, 0.29) is 24.0 Å². The van der Waals surface area contributed by atoms with Crippen LogP contribution in [0.15, 0.2) is 30.5 Å². The van der Waals surface area contributed by atoms with Gasteiger partial charge in [0.05, 0.1) is 12.4 Å². The molecule has 1 aromatic carbocycles. The van der Waals surface area contributed by atoms with Gasteiger partial charge in [0.25, 0.3) is 0 Å². The second-order valence-electron chi connectivity index (χ2n) is 5.85. The topological polar surface area (TPSA) is 123 Å². The fourth-order valence-corrected chi connectivity index (χ4v) is 4.54. The minimum atomic E-state index is -3.61. The Bertz CT molecular complexity index is 961. The van der Waals surface area contributed by atoms with Crippen molar-refractivity contribution in [2.75, 3.05) is 23.6 Å². The van der Waals surface area contributed by atoms with Crippen molar-refractivity contribution in [3.05, 3.63) is 51.5 Å². The van der Waals surface area contributed by atoms with Crippen molar-refractivity contribution in [3.8, 4) is 0 Å². The number of halogens is 1. The Morgan fingerprint density at radius 1 is 1.41 bits per heavy atom. The first-order chi connectivity index (χ1) is 13.8. The van der Waals surface area contributed by atoms with Gasteiger partial charge >= 0.3 is 6.09 Å². The number of hydrogen-bond acceptors (Lipinski definition) is 7. The summed E-state index contributed by atoms with van der Waals surface area (Å²) in [6, 6.07) is 5.34. The van der Waals surface area contributed by atoms with Crippen LogP contribution in [0.4, 0.5) is 9.93 Å². The van der Waals surface area contributed by atoms with Crippen LogP contribution in [-0.4, -0.2) is 38.4 Å². The molecule has 11 heteroatoms. The summed E-state index contributed by atoms with van der Waals surface area (Å²) in [7, 11) is -3.61. The van der Waals surface area contributed by atoms with E-state index in [0.29, 0.717) is 18.0 Å². The number of ether oxygens (including phenoxy) is 1. The Hall–Kier alpha value is -2.14. The summed E-state index contributed by atoms with van der Waals surface area (Å²) in [4.78, 5) is 16.1. The number of hydrogen-bond donors (Lipinski definition) is 3. The molecule has 158 valence electrons. The van der Waals surface area contributed by atoms with Gasteiger partial charge in [-0.2, -0.15) is 0 Å². The number of amides is 1. The van der Waals surface area contributed by atoms with Crippen molar-refractivity contribution < 1.29 is 17.9 Å². The molecule has 0 fully saturated rings. The fraction of sp³-hybridized carbons (Fsp3) is 0.333. The first-order valence-corrected chi connectivity index (χ1v) is 11.7. The molecule has 1 aromatic heterocycles. The number of nitrogens with zero attached hydrogens (tertiary/aromatic N) is 1. The molecule has 2 rings (SSSR count). The minimum absolute atomic E-state index is 0.187. The molecule has 0 bridgehead atoms. The van der Waals surface area contributed by atoms with Crippen LogP contribution < -0.4 is 15.8 Å². The van der Waals surface area contributed by atoms with Gasteiger partial charge in [0, 0.05) is 35.6 Å². The van der Waals surface area contributed by atoms with Gasteiger partial charge in [-0.3, -0.25) is 4.72 Å². The Kier molecular flexibility index (Phi) is 8.90. The second-order valence-corrected chi connectivity index (χ2v) is 9.13. The lowest BCUT2D eigenvalue weighted by atomic mass is 10.1. The van der Waals surface area contributed by atoms with Gasteiger partial charge in [-0.05, 0) is 24.1 Å². The van der Waals surface area contributed by atoms with Gasteiger partial charge in [-0.15, -0.1) is 11.3 Å². The summed E-state index contributed by atoms with van der Waals surface area (Å²) in [5.74, 6) is -0.223. The lowest BCUT2D eigenvalue weighted by Gasteiger charge is -2.06. The van der Waals surface area contributed by atoms with E-state index < -0.39 is 16.1 Å². The van der Waals surface area contributed by atoms with Crippen LogP contribution in [-0.2, 0) is 27.7 Å². The number of sulfonamides is 1. The number of nitrogens with two attached hydrogens (primary N) is 1. The highest BCUT2D eigenvalue weighted by Gasteiger charge is 2.12. The van der Waals surface area contributed by atoms with Gasteiger partial charge in [0.15, 0.2) is 5.13 Å². The fourth-order valence-electron chi connectivity index (χ4n) is 2.33. The molecule has 2 aromatic rings. The smallest absolute Gasteiger partial charge is 0.407 e. The highest BCUT2D eigenvalue weighted by molar-refractivity contribution is 7.93. The Labute approximate surface area is 179 Å². The van der Waals surface area contributed by atoms with E-state index in [1.54, 1.807) is 31.3 Å². The number of benzene rings is 1. The van der Waals surface area contributed by atoms with Gasteiger partial charge in [0.2, 0.25) is 10.0 Å². The number of carbonyl (C=O) groups is 1. The lowest BCUT2D eigenvalue weighted by Crippen LogP contribution is -2.24. The molecule has 0 spiro atoms. The molecule has 0 aliphatic carbocycles. The SMILES string of the molecule is CCNC(=O)OCCc1cnc(NS(=O)(=O)CC=Cc2cccc(Cl)c2CN)s1. The Morgan fingerprint density at radius 2 is 2.21 bits per heavy atom. The van der Waals surface area contributed by atoms with Crippen molar-refractivity contribution in [2.45, 2.75) is 19.9 Å². The van der Waals surface area contributed by atoms with Crippen molar-refractivity contribution in [2.24, 2.45) is 5.73 Å². The van der Waals surface area contributed by atoms with Crippen molar-refractivity contribution >= 4 is 50.3 Å². The van der Waals surface area contributed by atoms with Gasteiger partial charge in [-0.25, -0.2) is 18.2 Å². The molecule has 0 atom stereocenters. The standard InChI is InChI=1S/C18H23ClN4O4S2/c1-2-21-18(24)27-9-8-14-12-22-17(28-14)23-29(25,26)10-4-6-13-5-3-7-16(19)15(13)11-20/h3-7,12H,2,8-11,20H2,1H3,(H,21,24)(H,22,23). The zero-order valence-corrected chi connectivity index (χ0v) is 18.2. The third-order valence-electron chi connectivity index (χ3n) is 3.67. The van der Waals surface area contributed by atoms with E-state index in [1.807, 2.05) is 6.07 Å². The van der Waals surface area contributed by atoms with Crippen molar-refractivity contribution in [1.82, 2.24) is 10.3 Å². The third-order valence-corrected chi connectivity index (χ3v) is 6.26. The van der Waals surface area contributed by atoms with E-state index in [4.69, 9.17) is 22.1 Å². The monoisotopic (exact) mass is 458 g/mol. The molecule has 0 aliphatic heterocycles. The van der Waals surface area contributed by atoms with Crippen LogP contribution in [0.5, 0.6) is 0 Å². The quantitative estimate of drug-likeness (QED) is 0.502. The van der Waals surface area contributed by atoms with Crippen LogP contribution in [0, 0.1) is 0 Å². The number of carbonyl (C=O) groups excluding carboxylic acids is 1. The number of nitrogens with one attached hydrogen (secondary N) is 2. The third kappa shape index (κ3) is 7.65. The van der Waals surface area contributed by atoms with E-state index in [9.17, 15) is 13.2 Å². The minimum Gasteiger partial charge on any atom is -0.449 e. The largest absolute Gasteiger partial charge is 0.449 e. The van der Waals surface area contributed by atoms with Crippen molar-refractivity contribution in [3.63, 3.8) is 0 Å².